The molecule has 0 aromatic carbocycles. The predicted octanol–water partition coefficient (Wildman–Crippen LogP) is 1.32. The lowest BCUT2D eigenvalue weighted by atomic mass is 10.2. The monoisotopic (exact) mass is 139 g/mol. The van der Waals surface area contributed by atoms with E-state index in [1.165, 1.54) is 0 Å². The molecule has 0 fully saturated rings. The van der Waals surface area contributed by atoms with Crippen molar-refractivity contribution in [3.63, 3.8) is 0 Å². The minimum Gasteiger partial charge on any atom is -0.516 e. The summed E-state index contributed by atoms with van der Waals surface area (Å²) < 4.78 is 0. The summed E-state index contributed by atoms with van der Waals surface area (Å²) in [6.07, 6.45) is 8.37. The van der Waals surface area contributed by atoms with Gasteiger partial charge in [-0.15, -0.1) is 0 Å². The van der Waals surface area contributed by atoms with Crippen LogP contribution in [-0.2, 0) is 0 Å². The van der Waals surface area contributed by atoms with E-state index in [0.717, 1.165) is 32.3 Å². The molecule has 0 aromatic heterocycles. The van der Waals surface area contributed by atoms with E-state index in [2.05, 4.69) is 17.1 Å². The van der Waals surface area contributed by atoms with Crippen LogP contribution in [0, 0.1) is 0 Å². The van der Waals surface area contributed by atoms with E-state index in [4.69, 9.17) is 5.11 Å². The molecule has 0 atom stereocenters. The first-order chi connectivity index (χ1) is 4.93. The van der Waals surface area contributed by atoms with Gasteiger partial charge in [0.2, 0.25) is 0 Å². The summed E-state index contributed by atoms with van der Waals surface area (Å²) in [6.45, 7) is 2.99. The third kappa shape index (κ3) is 2.23. The average molecular weight is 139 g/mol. The zero-order valence-corrected chi connectivity index (χ0v) is 6.03. The number of aliphatic hydroxyl groups is 1. The van der Waals surface area contributed by atoms with Crippen LogP contribution in [0.25, 0.3) is 0 Å². The molecule has 1 heterocycles. The molecule has 0 unspecified atom stereocenters. The Morgan fingerprint density at radius 3 is 3.00 bits per heavy atom. The molecule has 0 bridgehead atoms. The number of nitrogens with zero attached hydrogens (tertiary/aromatic N) is 1. The molecule has 2 heteroatoms. The van der Waals surface area contributed by atoms with E-state index >= 15 is 0 Å². The van der Waals surface area contributed by atoms with Crippen LogP contribution in [0.15, 0.2) is 24.5 Å². The van der Waals surface area contributed by atoms with E-state index in [1.807, 2.05) is 0 Å². The van der Waals surface area contributed by atoms with Crippen molar-refractivity contribution in [2.24, 2.45) is 0 Å². The molecule has 0 spiro atoms. The van der Waals surface area contributed by atoms with Gasteiger partial charge < -0.3 is 5.11 Å². The van der Waals surface area contributed by atoms with E-state index in [0.29, 0.717) is 0 Å². The highest BCUT2D eigenvalue weighted by atomic mass is 16.2. The summed E-state index contributed by atoms with van der Waals surface area (Å²) in [6, 6.07) is 0. The quantitative estimate of drug-likeness (QED) is 0.460. The Morgan fingerprint density at radius 2 is 2.40 bits per heavy atom. The number of aliphatic hydroxyl groups excluding tert-OH is 1. The Kier molecular flexibility index (Phi) is 3.03. The Bertz CT molecular complexity index is 140. The number of hydrogen-bond donors (Lipinski definition) is 1. The normalized spacial score (nSPS) is 20.4. The van der Waals surface area contributed by atoms with Gasteiger partial charge in [0.25, 0.3) is 0 Å². The maximum Gasteiger partial charge on any atom is 0.0764 e. The van der Waals surface area contributed by atoms with Crippen LogP contribution in [0.4, 0.5) is 0 Å². The van der Waals surface area contributed by atoms with E-state index in [-0.39, 0.29) is 0 Å². The largest absolute Gasteiger partial charge is 0.516 e. The van der Waals surface area contributed by atoms with Crippen LogP contribution in [0.2, 0.25) is 0 Å². The first kappa shape index (κ1) is 7.35. The first-order valence-electron chi connectivity index (χ1n) is 3.60. The Labute approximate surface area is 61.5 Å². The minimum atomic E-state index is 0.862. The molecule has 1 aliphatic rings. The van der Waals surface area contributed by atoms with Crippen LogP contribution in [0.3, 0.4) is 0 Å². The first-order valence-corrected chi connectivity index (χ1v) is 3.60. The van der Waals surface area contributed by atoms with Crippen molar-refractivity contribution in [2.45, 2.75) is 6.42 Å². The molecule has 1 N–H and O–H groups in total. The van der Waals surface area contributed by atoms with Crippen molar-refractivity contribution in [1.29, 1.82) is 0 Å². The summed E-state index contributed by atoms with van der Waals surface area (Å²) in [4.78, 5) is 2.27. The van der Waals surface area contributed by atoms with Crippen molar-refractivity contribution in [3.8, 4) is 0 Å². The van der Waals surface area contributed by atoms with Gasteiger partial charge in [-0.2, -0.15) is 0 Å². The molecule has 0 saturated carbocycles. The Morgan fingerprint density at radius 1 is 1.50 bits per heavy atom. The molecule has 0 saturated heterocycles. The average Bonchev–Trinajstić information content (AvgIpc) is 2.03. The molecule has 10 heavy (non-hydrogen) atoms. The van der Waals surface area contributed by atoms with Gasteiger partial charge in [-0.1, -0.05) is 12.2 Å². The number of hydrogen-bond acceptors (Lipinski definition) is 2. The van der Waals surface area contributed by atoms with Crippen LogP contribution in [0.5, 0.6) is 0 Å². The van der Waals surface area contributed by atoms with Gasteiger partial charge in [0, 0.05) is 19.6 Å². The molecule has 2 nitrogen and oxygen atoms in total. The molecule has 1 aliphatic heterocycles. The molecular formula is C8H13NO. The summed E-state index contributed by atoms with van der Waals surface area (Å²) in [5, 5.41) is 8.37. The van der Waals surface area contributed by atoms with Gasteiger partial charge in [-0.25, -0.2) is 0 Å². The highest BCUT2D eigenvalue weighted by molar-refractivity contribution is 4.92. The summed E-state index contributed by atoms with van der Waals surface area (Å²) in [7, 11) is 0. The smallest absolute Gasteiger partial charge is 0.0764 e. The second kappa shape index (κ2) is 4.12. The molecule has 0 aromatic rings. The number of rotatable bonds is 2. The summed E-state index contributed by atoms with van der Waals surface area (Å²) in [5.74, 6) is 0. The zero-order valence-electron chi connectivity index (χ0n) is 6.03. The lowest BCUT2D eigenvalue weighted by Crippen LogP contribution is -2.27. The SMILES string of the molecule is OC=CCN1CC=CCC1. The van der Waals surface area contributed by atoms with E-state index in [9.17, 15) is 0 Å². The standard InChI is InChI=1S/C8H13NO/c10-8-4-7-9-5-2-1-3-6-9/h1-2,4,8,10H,3,5-7H2. The predicted molar refractivity (Wildman–Crippen MR) is 42.0 cm³/mol. The van der Waals surface area contributed by atoms with Gasteiger partial charge in [0.05, 0.1) is 6.26 Å². The van der Waals surface area contributed by atoms with Crippen LogP contribution < -0.4 is 0 Å². The third-order valence-corrected chi connectivity index (χ3v) is 1.61. The van der Waals surface area contributed by atoms with E-state index in [1.54, 1.807) is 6.08 Å². The van der Waals surface area contributed by atoms with Gasteiger partial charge in [0.15, 0.2) is 0 Å². The molecule has 0 radical (unpaired) electrons. The fraction of sp³-hybridized carbons (Fsp3) is 0.500. The highest BCUT2D eigenvalue weighted by Gasteiger charge is 2.01. The van der Waals surface area contributed by atoms with Gasteiger partial charge in [-0.05, 0) is 12.5 Å². The van der Waals surface area contributed by atoms with Crippen molar-refractivity contribution < 1.29 is 5.11 Å². The van der Waals surface area contributed by atoms with Crippen molar-refractivity contribution in [1.82, 2.24) is 4.90 Å². The lowest BCUT2D eigenvalue weighted by molar-refractivity contribution is 0.327. The highest BCUT2D eigenvalue weighted by Crippen LogP contribution is 1.99. The lowest BCUT2D eigenvalue weighted by Gasteiger charge is -2.20. The zero-order chi connectivity index (χ0) is 7.23. The Balaban J connectivity index is 2.22. The van der Waals surface area contributed by atoms with Crippen LogP contribution in [-0.4, -0.2) is 29.6 Å². The summed E-state index contributed by atoms with van der Waals surface area (Å²) in [5.41, 5.74) is 0. The Hall–Kier alpha value is -0.760. The second-order valence-corrected chi connectivity index (χ2v) is 2.40. The summed E-state index contributed by atoms with van der Waals surface area (Å²) >= 11 is 0. The third-order valence-electron chi connectivity index (χ3n) is 1.61. The van der Waals surface area contributed by atoms with Crippen LogP contribution in [0.1, 0.15) is 6.42 Å². The molecule has 0 aliphatic carbocycles. The van der Waals surface area contributed by atoms with Gasteiger partial charge in [0.1, 0.15) is 0 Å². The maximum absolute atomic E-state index is 8.37. The minimum absolute atomic E-state index is 0.862. The fourth-order valence-corrected chi connectivity index (χ4v) is 1.05. The fourth-order valence-electron chi connectivity index (χ4n) is 1.05. The molecule has 0 amide bonds. The van der Waals surface area contributed by atoms with E-state index < -0.39 is 0 Å². The van der Waals surface area contributed by atoms with Crippen molar-refractivity contribution in [3.05, 3.63) is 24.5 Å². The molecule has 1 rings (SSSR count). The molecular weight excluding hydrogens is 126 g/mol. The topological polar surface area (TPSA) is 23.5 Å². The van der Waals surface area contributed by atoms with Crippen molar-refractivity contribution in [2.75, 3.05) is 19.6 Å². The maximum atomic E-state index is 8.37. The van der Waals surface area contributed by atoms with Gasteiger partial charge in [-0.3, -0.25) is 4.90 Å². The van der Waals surface area contributed by atoms with Gasteiger partial charge >= 0.3 is 0 Å². The van der Waals surface area contributed by atoms with Crippen molar-refractivity contribution >= 4 is 0 Å². The second-order valence-electron chi connectivity index (χ2n) is 2.40. The molecule has 56 valence electrons. The van der Waals surface area contributed by atoms with Crippen LogP contribution >= 0.6 is 0 Å².